The molecule has 1 N–H and O–H groups in total. The molecule has 0 fully saturated rings. The smallest absolute Gasteiger partial charge is 0.341 e. The second kappa shape index (κ2) is 9.40. The van der Waals surface area contributed by atoms with E-state index >= 15 is 0 Å². The number of para-hydroxylation sites is 1. The third-order valence-corrected chi connectivity index (χ3v) is 3.54. The lowest BCUT2D eigenvalue weighted by molar-refractivity contribution is -0.139. The van der Waals surface area contributed by atoms with Gasteiger partial charge in [0.15, 0.2) is 6.61 Å². The monoisotopic (exact) mass is 278 g/mol. The summed E-state index contributed by atoms with van der Waals surface area (Å²) in [6.07, 6.45) is 7.50. The minimum atomic E-state index is -0.938. The van der Waals surface area contributed by atoms with Crippen molar-refractivity contribution in [1.82, 2.24) is 0 Å². The summed E-state index contributed by atoms with van der Waals surface area (Å²) in [7, 11) is 0. The highest BCUT2D eigenvalue weighted by Gasteiger charge is 2.12. The molecule has 0 bridgehead atoms. The molecule has 1 aromatic carbocycles. The summed E-state index contributed by atoms with van der Waals surface area (Å²) in [5, 5.41) is 8.70. The molecule has 0 radical (unpaired) electrons. The van der Waals surface area contributed by atoms with Crippen LogP contribution in [0.1, 0.15) is 63.9 Å². The quantitative estimate of drug-likeness (QED) is 0.635. The van der Waals surface area contributed by atoms with Gasteiger partial charge in [-0.05, 0) is 24.0 Å². The first-order valence-electron chi connectivity index (χ1n) is 7.58. The number of unbranched alkanes of at least 4 members (excludes halogenated alkanes) is 4. The topological polar surface area (TPSA) is 46.5 Å². The second-order valence-corrected chi connectivity index (χ2v) is 5.32. The number of benzene rings is 1. The lowest BCUT2D eigenvalue weighted by atomic mass is 9.94. The van der Waals surface area contributed by atoms with E-state index in [4.69, 9.17) is 9.84 Å². The Bertz CT molecular complexity index is 401. The van der Waals surface area contributed by atoms with Crippen molar-refractivity contribution in [3.8, 4) is 5.75 Å². The molecule has 1 aromatic rings. The molecular formula is C17H26O3. The Labute approximate surface area is 122 Å². The molecule has 0 aliphatic rings. The highest BCUT2D eigenvalue weighted by atomic mass is 16.5. The van der Waals surface area contributed by atoms with Crippen molar-refractivity contribution in [3.63, 3.8) is 0 Å². The van der Waals surface area contributed by atoms with Crippen LogP contribution in [0.5, 0.6) is 5.75 Å². The van der Waals surface area contributed by atoms with Crippen LogP contribution in [-0.4, -0.2) is 17.7 Å². The van der Waals surface area contributed by atoms with Crippen molar-refractivity contribution >= 4 is 5.97 Å². The number of hydrogen-bond acceptors (Lipinski definition) is 2. The zero-order valence-corrected chi connectivity index (χ0v) is 12.6. The van der Waals surface area contributed by atoms with Gasteiger partial charge in [0.25, 0.3) is 0 Å². The molecule has 20 heavy (non-hydrogen) atoms. The number of rotatable bonds is 10. The maximum absolute atomic E-state index is 10.6. The van der Waals surface area contributed by atoms with Crippen LogP contribution in [0.4, 0.5) is 0 Å². The molecule has 1 atom stereocenters. The SMILES string of the molecule is CCCCCCCC(C)c1ccccc1OCC(=O)O. The van der Waals surface area contributed by atoms with E-state index in [1.165, 1.54) is 32.1 Å². The molecule has 1 unspecified atom stereocenters. The summed E-state index contributed by atoms with van der Waals surface area (Å²) < 4.78 is 5.37. The average molecular weight is 278 g/mol. The van der Waals surface area contributed by atoms with Crippen LogP contribution in [-0.2, 0) is 4.79 Å². The van der Waals surface area contributed by atoms with E-state index in [-0.39, 0.29) is 6.61 Å². The molecule has 0 aliphatic heterocycles. The first kappa shape index (κ1) is 16.5. The predicted molar refractivity (Wildman–Crippen MR) is 81.4 cm³/mol. The van der Waals surface area contributed by atoms with E-state index in [9.17, 15) is 4.79 Å². The molecular weight excluding hydrogens is 252 g/mol. The Morgan fingerprint density at radius 3 is 2.60 bits per heavy atom. The summed E-state index contributed by atoms with van der Waals surface area (Å²) in [6.45, 7) is 4.13. The van der Waals surface area contributed by atoms with E-state index in [0.29, 0.717) is 11.7 Å². The van der Waals surface area contributed by atoms with Crippen molar-refractivity contribution in [1.29, 1.82) is 0 Å². The fourth-order valence-corrected chi connectivity index (χ4v) is 2.37. The number of hydrogen-bond donors (Lipinski definition) is 1. The summed E-state index contributed by atoms with van der Waals surface area (Å²) in [4.78, 5) is 10.6. The summed E-state index contributed by atoms with van der Waals surface area (Å²) >= 11 is 0. The van der Waals surface area contributed by atoms with Gasteiger partial charge in [-0.3, -0.25) is 0 Å². The molecule has 0 heterocycles. The largest absolute Gasteiger partial charge is 0.482 e. The number of carbonyl (C=O) groups is 1. The van der Waals surface area contributed by atoms with E-state index in [1.54, 1.807) is 0 Å². The van der Waals surface area contributed by atoms with Gasteiger partial charge < -0.3 is 9.84 Å². The maximum atomic E-state index is 10.6. The zero-order valence-electron chi connectivity index (χ0n) is 12.6. The van der Waals surface area contributed by atoms with Crippen LogP contribution in [0.2, 0.25) is 0 Å². The molecule has 0 spiro atoms. The predicted octanol–water partition coefficient (Wildman–Crippen LogP) is 4.61. The number of carboxylic acid groups (broad SMARTS) is 1. The molecule has 3 nitrogen and oxygen atoms in total. The van der Waals surface area contributed by atoms with Crippen LogP contribution in [0, 0.1) is 0 Å². The van der Waals surface area contributed by atoms with E-state index in [0.717, 1.165) is 12.0 Å². The van der Waals surface area contributed by atoms with E-state index < -0.39 is 5.97 Å². The summed E-state index contributed by atoms with van der Waals surface area (Å²) in [6, 6.07) is 7.75. The first-order chi connectivity index (χ1) is 9.65. The van der Waals surface area contributed by atoms with Crippen molar-refractivity contribution in [3.05, 3.63) is 29.8 Å². The molecule has 0 aliphatic carbocycles. The average Bonchev–Trinajstić information content (AvgIpc) is 2.45. The van der Waals surface area contributed by atoms with Gasteiger partial charge in [-0.1, -0.05) is 64.2 Å². The molecule has 0 amide bonds. The zero-order chi connectivity index (χ0) is 14.8. The number of ether oxygens (including phenoxy) is 1. The van der Waals surface area contributed by atoms with Gasteiger partial charge >= 0.3 is 5.97 Å². The summed E-state index contributed by atoms with van der Waals surface area (Å²) in [5.41, 5.74) is 1.12. The third-order valence-electron chi connectivity index (χ3n) is 3.54. The van der Waals surface area contributed by atoms with E-state index in [1.807, 2.05) is 24.3 Å². The van der Waals surface area contributed by atoms with Crippen molar-refractivity contribution < 1.29 is 14.6 Å². The van der Waals surface area contributed by atoms with Gasteiger partial charge in [-0.15, -0.1) is 0 Å². The maximum Gasteiger partial charge on any atom is 0.341 e. The summed E-state index contributed by atoms with van der Waals surface area (Å²) in [5.74, 6) is 0.171. The Hall–Kier alpha value is -1.51. The van der Waals surface area contributed by atoms with Crippen molar-refractivity contribution in [2.24, 2.45) is 0 Å². The van der Waals surface area contributed by atoms with Gasteiger partial charge in [-0.2, -0.15) is 0 Å². The van der Waals surface area contributed by atoms with Crippen LogP contribution < -0.4 is 4.74 Å². The molecule has 1 rings (SSSR count). The van der Waals surface area contributed by atoms with Gasteiger partial charge in [-0.25, -0.2) is 4.79 Å². The van der Waals surface area contributed by atoms with Crippen molar-refractivity contribution in [2.75, 3.05) is 6.61 Å². The Balaban J connectivity index is 2.49. The van der Waals surface area contributed by atoms with Gasteiger partial charge in [0.05, 0.1) is 0 Å². The Morgan fingerprint density at radius 1 is 1.20 bits per heavy atom. The van der Waals surface area contributed by atoms with Crippen LogP contribution in [0.15, 0.2) is 24.3 Å². The van der Waals surface area contributed by atoms with Crippen molar-refractivity contribution in [2.45, 2.75) is 58.3 Å². The Kier molecular flexibility index (Phi) is 7.78. The molecule has 112 valence electrons. The highest BCUT2D eigenvalue weighted by Crippen LogP contribution is 2.30. The number of carboxylic acids is 1. The molecule has 0 saturated heterocycles. The van der Waals surface area contributed by atoms with E-state index in [2.05, 4.69) is 13.8 Å². The lowest BCUT2D eigenvalue weighted by Gasteiger charge is -2.16. The first-order valence-corrected chi connectivity index (χ1v) is 7.58. The van der Waals surface area contributed by atoms with Crippen LogP contribution in [0.25, 0.3) is 0 Å². The van der Waals surface area contributed by atoms with Crippen LogP contribution in [0.3, 0.4) is 0 Å². The molecule has 3 heteroatoms. The fourth-order valence-electron chi connectivity index (χ4n) is 2.37. The van der Waals surface area contributed by atoms with Gasteiger partial charge in [0, 0.05) is 0 Å². The second-order valence-electron chi connectivity index (χ2n) is 5.32. The standard InChI is InChI=1S/C17H26O3/c1-3-4-5-6-7-10-14(2)15-11-8-9-12-16(15)20-13-17(18)19/h8-9,11-12,14H,3-7,10,13H2,1-2H3,(H,18,19). The Morgan fingerprint density at radius 2 is 1.90 bits per heavy atom. The highest BCUT2D eigenvalue weighted by molar-refractivity contribution is 5.68. The fraction of sp³-hybridized carbons (Fsp3) is 0.588. The normalized spacial score (nSPS) is 12.1. The number of aliphatic carboxylic acids is 1. The third kappa shape index (κ3) is 6.09. The lowest BCUT2D eigenvalue weighted by Crippen LogP contribution is -2.11. The minimum absolute atomic E-state index is 0.278. The molecule has 0 saturated carbocycles. The van der Waals surface area contributed by atoms with Crippen LogP contribution >= 0.6 is 0 Å². The minimum Gasteiger partial charge on any atom is -0.482 e. The molecule has 0 aromatic heterocycles. The van der Waals surface area contributed by atoms with Gasteiger partial charge in [0.1, 0.15) is 5.75 Å². The van der Waals surface area contributed by atoms with Gasteiger partial charge in [0.2, 0.25) is 0 Å².